The van der Waals surface area contributed by atoms with Crippen LogP contribution in [-0.4, -0.2) is 56.8 Å². The van der Waals surface area contributed by atoms with Crippen molar-refractivity contribution in [3.05, 3.63) is 35.7 Å². The van der Waals surface area contributed by atoms with Gasteiger partial charge in [-0.25, -0.2) is 4.98 Å². The minimum atomic E-state index is -0.887. The molecule has 1 atom stereocenters. The number of carbonyl (C=O) groups is 2. The highest BCUT2D eigenvalue weighted by Gasteiger charge is 2.32. The molecule has 2 N–H and O–H groups in total. The number of H-pyrrole nitrogens is 1. The SMILES string of the molecule is Cc1nc(-c2ccc3c(c2)N(C)C(=O)[C@@H](NC(=O)c2n[nH]c(CC4CCCC4)n2)CO3)no1. The molecule has 3 heterocycles. The number of aromatic amines is 1. The van der Waals surface area contributed by atoms with Gasteiger partial charge in [0.2, 0.25) is 17.5 Å². The van der Waals surface area contributed by atoms with E-state index in [9.17, 15) is 9.59 Å². The van der Waals surface area contributed by atoms with Crippen molar-refractivity contribution in [2.24, 2.45) is 5.92 Å². The van der Waals surface area contributed by atoms with Crippen LogP contribution in [0.25, 0.3) is 11.4 Å². The maximum Gasteiger partial charge on any atom is 0.291 e. The topological polar surface area (TPSA) is 139 Å². The summed E-state index contributed by atoms with van der Waals surface area (Å²) < 4.78 is 10.9. The first-order chi connectivity index (χ1) is 16.0. The molecule has 2 aliphatic rings. The highest BCUT2D eigenvalue weighted by molar-refractivity contribution is 6.02. The van der Waals surface area contributed by atoms with Crippen LogP contribution in [0.2, 0.25) is 0 Å². The summed E-state index contributed by atoms with van der Waals surface area (Å²) in [5.41, 5.74) is 1.24. The van der Waals surface area contributed by atoms with Gasteiger partial charge in [-0.05, 0) is 24.1 Å². The number of aryl methyl sites for hydroxylation is 1. The number of amides is 2. The summed E-state index contributed by atoms with van der Waals surface area (Å²) in [5.74, 6) is 1.85. The van der Waals surface area contributed by atoms with E-state index in [0.717, 1.165) is 6.42 Å². The zero-order valence-corrected chi connectivity index (χ0v) is 18.5. The van der Waals surface area contributed by atoms with Gasteiger partial charge in [0, 0.05) is 26.0 Å². The van der Waals surface area contributed by atoms with Gasteiger partial charge in [0.25, 0.3) is 11.8 Å². The number of nitrogens with one attached hydrogen (secondary N) is 2. The molecule has 172 valence electrons. The Morgan fingerprint density at radius 3 is 2.85 bits per heavy atom. The molecule has 0 spiro atoms. The van der Waals surface area contributed by atoms with Crippen LogP contribution in [0, 0.1) is 12.8 Å². The molecule has 0 radical (unpaired) electrons. The molecule has 11 heteroatoms. The Morgan fingerprint density at radius 2 is 2.09 bits per heavy atom. The van der Waals surface area contributed by atoms with Gasteiger partial charge in [0.15, 0.2) is 0 Å². The lowest BCUT2D eigenvalue weighted by Gasteiger charge is -2.20. The van der Waals surface area contributed by atoms with Gasteiger partial charge < -0.3 is 19.5 Å². The number of fused-ring (bicyclic) bond motifs is 1. The van der Waals surface area contributed by atoms with Gasteiger partial charge >= 0.3 is 0 Å². The number of aromatic nitrogens is 5. The summed E-state index contributed by atoms with van der Waals surface area (Å²) >= 11 is 0. The zero-order chi connectivity index (χ0) is 22.9. The van der Waals surface area contributed by atoms with Gasteiger partial charge in [-0.3, -0.25) is 14.7 Å². The van der Waals surface area contributed by atoms with Crippen molar-refractivity contribution in [1.29, 1.82) is 0 Å². The second-order valence-corrected chi connectivity index (χ2v) is 8.51. The molecule has 0 unspecified atom stereocenters. The summed E-state index contributed by atoms with van der Waals surface area (Å²) in [6.45, 7) is 1.69. The van der Waals surface area contributed by atoms with Crippen LogP contribution >= 0.6 is 0 Å². The molecular weight excluding hydrogens is 426 g/mol. The molecule has 0 saturated heterocycles. The molecular formula is C22H25N7O4. The number of hydrogen-bond acceptors (Lipinski definition) is 8. The number of anilines is 1. The smallest absolute Gasteiger partial charge is 0.291 e. The monoisotopic (exact) mass is 451 g/mol. The molecule has 5 rings (SSSR count). The van der Waals surface area contributed by atoms with E-state index in [2.05, 4.69) is 30.6 Å². The molecule has 1 aliphatic heterocycles. The van der Waals surface area contributed by atoms with E-state index >= 15 is 0 Å². The summed E-state index contributed by atoms with van der Waals surface area (Å²) in [5, 5.41) is 13.5. The van der Waals surface area contributed by atoms with Gasteiger partial charge in [-0.2, -0.15) is 4.98 Å². The normalized spacial score (nSPS) is 18.7. The standard InChI is InChI=1S/C22H25N7O4/c1-12-23-19(28-33-12)14-7-8-17-16(10-14)29(2)22(31)15(11-32-17)24-21(30)20-25-18(26-27-20)9-13-5-3-4-6-13/h7-8,10,13,15H,3-6,9,11H2,1-2H3,(H,24,30)(H,25,26,27)/t15-/m0/s1. The van der Waals surface area contributed by atoms with Crippen molar-refractivity contribution in [2.45, 2.75) is 45.1 Å². The van der Waals surface area contributed by atoms with Crippen molar-refractivity contribution in [3.8, 4) is 17.1 Å². The second kappa shape index (κ2) is 8.64. The lowest BCUT2D eigenvalue weighted by molar-refractivity contribution is -0.120. The van der Waals surface area contributed by atoms with E-state index in [1.807, 2.05) is 0 Å². The molecule has 1 saturated carbocycles. The van der Waals surface area contributed by atoms with Gasteiger partial charge in [0.05, 0.1) is 5.69 Å². The predicted molar refractivity (Wildman–Crippen MR) is 117 cm³/mol. The van der Waals surface area contributed by atoms with Gasteiger partial charge in [-0.15, -0.1) is 5.10 Å². The maximum absolute atomic E-state index is 13.1. The highest BCUT2D eigenvalue weighted by Crippen LogP contribution is 2.34. The number of likely N-dealkylation sites (N-methyl/N-ethyl adjacent to an activating group) is 1. The molecule has 1 aromatic carbocycles. The number of carbonyl (C=O) groups excluding carboxylic acids is 2. The summed E-state index contributed by atoms with van der Waals surface area (Å²) in [4.78, 5) is 35.8. The van der Waals surface area contributed by atoms with Crippen LogP contribution in [0.4, 0.5) is 5.69 Å². The third kappa shape index (κ3) is 4.30. The summed E-state index contributed by atoms with van der Waals surface area (Å²) in [7, 11) is 1.63. The third-order valence-corrected chi connectivity index (χ3v) is 6.14. The Hall–Kier alpha value is -3.76. The van der Waals surface area contributed by atoms with Crippen molar-refractivity contribution in [3.63, 3.8) is 0 Å². The predicted octanol–water partition coefficient (Wildman–Crippen LogP) is 2.05. The Morgan fingerprint density at radius 1 is 1.27 bits per heavy atom. The highest BCUT2D eigenvalue weighted by atomic mass is 16.5. The first kappa shape index (κ1) is 21.1. The number of ether oxygens (including phenoxy) is 1. The first-order valence-corrected chi connectivity index (χ1v) is 11.0. The Labute approximate surface area is 189 Å². The van der Waals surface area contributed by atoms with E-state index in [0.29, 0.717) is 40.5 Å². The van der Waals surface area contributed by atoms with E-state index in [1.165, 1.54) is 30.6 Å². The second-order valence-electron chi connectivity index (χ2n) is 8.51. The number of hydrogen-bond donors (Lipinski definition) is 2. The molecule has 2 amide bonds. The van der Waals surface area contributed by atoms with Crippen LogP contribution < -0.4 is 15.0 Å². The largest absolute Gasteiger partial charge is 0.489 e. The first-order valence-electron chi connectivity index (χ1n) is 11.0. The van der Waals surface area contributed by atoms with Crippen LogP contribution in [0.1, 0.15) is 48.0 Å². The summed E-state index contributed by atoms with van der Waals surface area (Å²) in [6, 6.07) is 4.41. The average molecular weight is 451 g/mol. The Bertz CT molecular complexity index is 1180. The van der Waals surface area contributed by atoms with Crippen LogP contribution in [-0.2, 0) is 11.2 Å². The molecule has 33 heavy (non-hydrogen) atoms. The fourth-order valence-corrected chi connectivity index (χ4v) is 4.36. The van der Waals surface area contributed by atoms with Crippen LogP contribution in [0.3, 0.4) is 0 Å². The number of benzene rings is 1. The average Bonchev–Trinajstić information content (AvgIpc) is 3.57. The Balaban J connectivity index is 1.28. The number of nitrogens with zero attached hydrogens (tertiary/aromatic N) is 5. The zero-order valence-electron chi connectivity index (χ0n) is 18.5. The Kier molecular flexibility index (Phi) is 5.53. The van der Waals surface area contributed by atoms with E-state index in [1.54, 1.807) is 32.2 Å². The minimum absolute atomic E-state index is 0.0120. The van der Waals surface area contributed by atoms with E-state index < -0.39 is 11.9 Å². The van der Waals surface area contributed by atoms with E-state index in [4.69, 9.17) is 9.26 Å². The lowest BCUT2D eigenvalue weighted by atomic mass is 10.0. The quantitative estimate of drug-likeness (QED) is 0.601. The van der Waals surface area contributed by atoms with Crippen molar-refractivity contribution < 1.29 is 18.8 Å². The third-order valence-electron chi connectivity index (χ3n) is 6.14. The molecule has 3 aromatic rings. The minimum Gasteiger partial charge on any atom is -0.489 e. The van der Waals surface area contributed by atoms with Crippen LogP contribution in [0.5, 0.6) is 5.75 Å². The fourth-order valence-electron chi connectivity index (χ4n) is 4.36. The van der Waals surface area contributed by atoms with Crippen molar-refractivity contribution >= 4 is 17.5 Å². The molecule has 2 aromatic heterocycles. The van der Waals surface area contributed by atoms with Gasteiger partial charge in [-0.1, -0.05) is 30.8 Å². The summed E-state index contributed by atoms with van der Waals surface area (Å²) in [6.07, 6.45) is 5.62. The number of rotatable bonds is 5. The van der Waals surface area contributed by atoms with Crippen molar-refractivity contribution in [2.75, 3.05) is 18.6 Å². The van der Waals surface area contributed by atoms with Gasteiger partial charge in [0.1, 0.15) is 24.2 Å². The molecule has 11 nitrogen and oxygen atoms in total. The molecule has 0 bridgehead atoms. The van der Waals surface area contributed by atoms with Crippen LogP contribution in [0.15, 0.2) is 22.7 Å². The molecule has 1 aliphatic carbocycles. The lowest BCUT2D eigenvalue weighted by Crippen LogP contribution is -2.49. The molecule has 1 fully saturated rings. The maximum atomic E-state index is 13.1. The van der Waals surface area contributed by atoms with Crippen molar-refractivity contribution in [1.82, 2.24) is 30.6 Å². The van der Waals surface area contributed by atoms with E-state index in [-0.39, 0.29) is 18.3 Å². The fraction of sp³-hybridized carbons (Fsp3) is 0.455.